The second-order valence-electron chi connectivity index (χ2n) is 8.71. The van der Waals surface area contributed by atoms with Crippen molar-refractivity contribution in [1.82, 2.24) is 25.4 Å². The minimum atomic E-state index is -2.59. The molecule has 0 spiro atoms. The summed E-state index contributed by atoms with van der Waals surface area (Å²) in [7, 11) is 0. The summed E-state index contributed by atoms with van der Waals surface area (Å²) in [6.45, 7) is 1.59. The molecule has 1 amide bonds. The van der Waals surface area contributed by atoms with Gasteiger partial charge in [-0.1, -0.05) is 23.7 Å². The summed E-state index contributed by atoms with van der Waals surface area (Å²) >= 11 is 6.00. The van der Waals surface area contributed by atoms with Gasteiger partial charge in [0.25, 0.3) is 12.3 Å². The molecular formula is C22H30ClF2N7O2. The van der Waals surface area contributed by atoms with Crippen LogP contribution in [0, 0.1) is 0 Å². The molecule has 0 unspecified atom stereocenters. The normalized spacial score (nSPS) is 22.3. The predicted octanol–water partition coefficient (Wildman–Crippen LogP) is 2.09. The van der Waals surface area contributed by atoms with Gasteiger partial charge in [0.15, 0.2) is 0 Å². The molecule has 2 fully saturated rings. The predicted molar refractivity (Wildman–Crippen MR) is 125 cm³/mol. The maximum Gasteiger partial charge on any atom is 0.255 e. The number of H-pyrrole nitrogens is 1. The third kappa shape index (κ3) is 6.34. The van der Waals surface area contributed by atoms with Crippen molar-refractivity contribution in [3.05, 3.63) is 34.9 Å². The fourth-order valence-electron chi connectivity index (χ4n) is 4.65. The third-order valence-corrected chi connectivity index (χ3v) is 6.70. The molecule has 0 bridgehead atoms. The van der Waals surface area contributed by atoms with Gasteiger partial charge in [-0.15, -0.1) is 5.10 Å². The number of anilines is 2. The number of rotatable bonds is 8. The van der Waals surface area contributed by atoms with Crippen LogP contribution in [0.15, 0.2) is 24.3 Å². The van der Waals surface area contributed by atoms with Gasteiger partial charge < -0.3 is 20.7 Å². The first-order valence-corrected chi connectivity index (χ1v) is 11.9. The largest absolute Gasteiger partial charge is 0.368 e. The second-order valence-corrected chi connectivity index (χ2v) is 9.15. The van der Waals surface area contributed by atoms with Crippen LogP contribution in [0.3, 0.4) is 0 Å². The van der Waals surface area contributed by atoms with E-state index in [4.69, 9.17) is 22.1 Å². The molecule has 0 saturated carbocycles. The average molecular weight is 498 g/mol. The number of morpholine rings is 1. The molecule has 34 heavy (non-hydrogen) atoms. The van der Waals surface area contributed by atoms with Gasteiger partial charge in [-0.25, -0.2) is 13.9 Å². The number of nitrogens with zero attached hydrogens (tertiary/aromatic N) is 4. The average Bonchev–Trinajstić information content (AvgIpc) is 3.28. The minimum Gasteiger partial charge on any atom is -0.368 e. The Bertz CT molecular complexity index is 938. The summed E-state index contributed by atoms with van der Waals surface area (Å²) in [6, 6.07) is 8.13. The van der Waals surface area contributed by atoms with Gasteiger partial charge in [-0.2, -0.15) is 4.98 Å². The van der Waals surface area contributed by atoms with Gasteiger partial charge in [-0.3, -0.25) is 9.69 Å². The molecule has 12 heteroatoms. The van der Waals surface area contributed by atoms with Crippen LogP contribution in [0.2, 0.25) is 5.02 Å². The lowest BCUT2D eigenvalue weighted by atomic mass is 9.96. The lowest BCUT2D eigenvalue weighted by molar-refractivity contribution is -0.146. The summed E-state index contributed by atoms with van der Waals surface area (Å²) < 4.78 is 31.0. The van der Waals surface area contributed by atoms with E-state index in [1.807, 2.05) is 24.3 Å². The number of aryl methyl sites for hydroxylation is 1. The molecule has 2 atom stereocenters. The SMILES string of the molecule is Nc1nc(N2CCC(N3C[C@H](C(=O)NCC(F)F)OC[C@@H]3CCc3ccc(Cl)cc3)CC2)n[nH]1. The molecule has 3 heterocycles. The number of hydrogen-bond acceptors (Lipinski definition) is 7. The number of hydrogen-bond donors (Lipinski definition) is 3. The van der Waals surface area contributed by atoms with Gasteiger partial charge in [0.2, 0.25) is 11.9 Å². The lowest BCUT2D eigenvalue weighted by Crippen LogP contribution is -2.59. The zero-order chi connectivity index (χ0) is 24.1. The molecule has 0 aliphatic carbocycles. The van der Waals surface area contributed by atoms with E-state index in [-0.39, 0.29) is 18.0 Å². The van der Waals surface area contributed by atoms with Crippen LogP contribution in [0.5, 0.6) is 0 Å². The molecule has 4 rings (SSSR count). The van der Waals surface area contributed by atoms with Crippen LogP contribution in [0.1, 0.15) is 24.8 Å². The maximum atomic E-state index is 12.6. The Morgan fingerprint density at radius 2 is 2.03 bits per heavy atom. The highest BCUT2D eigenvalue weighted by Crippen LogP contribution is 2.27. The number of nitrogens with two attached hydrogens (primary N) is 1. The zero-order valence-corrected chi connectivity index (χ0v) is 19.6. The third-order valence-electron chi connectivity index (χ3n) is 6.45. The van der Waals surface area contributed by atoms with Crippen LogP contribution in [0.4, 0.5) is 20.7 Å². The van der Waals surface area contributed by atoms with E-state index in [0.717, 1.165) is 38.8 Å². The Kier molecular flexibility index (Phi) is 8.17. The number of ether oxygens (including phenoxy) is 1. The number of benzene rings is 1. The highest BCUT2D eigenvalue weighted by molar-refractivity contribution is 6.30. The van der Waals surface area contributed by atoms with Crippen LogP contribution >= 0.6 is 11.6 Å². The Morgan fingerprint density at radius 3 is 2.68 bits per heavy atom. The summed E-state index contributed by atoms with van der Waals surface area (Å²) in [6.07, 6.45) is 0.0551. The molecule has 1 aromatic heterocycles. The van der Waals surface area contributed by atoms with E-state index in [1.54, 1.807) is 0 Å². The van der Waals surface area contributed by atoms with Crippen molar-refractivity contribution in [3.8, 4) is 0 Å². The fraction of sp³-hybridized carbons (Fsp3) is 0.591. The zero-order valence-electron chi connectivity index (χ0n) is 18.8. The molecule has 186 valence electrons. The van der Waals surface area contributed by atoms with Crippen LogP contribution < -0.4 is 16.0 Å². The molecule has 2 saturated heterocycles. The quantitative estimate of drug-likeness (QED) is 0.512. The molecule has 0 radical (unpaired) electrons. The Balaban J connectivity index is 1.40. The van der Waals surface area contributed by atoms with Gasteiger partial charge in [0.05, 0.1) is 13.2 Å². The van der Waals surface area contributed by atoms with Crippen LogP contribution in [-0.2, 0) is 16.0 Å². The maximum absolute atomic E-state index is 12.6. The summed E-state index contributed by atoms with van der Waals surface area (Å²) in [5.41, 5.74) is 6.83. The summed E-state index contributed by atoms with van der Waals surface area (Å²) in [4.78, 5) is 21.1. The first kappa shape index (κ1) is 24.6. The topological polar surface area (TPSA) is 112 Å². The van der Waals surface area contributed by atoms with Crippen molar-refractivity contribution in [2.75, 3.05) is 43.4 Å². The molecule has 1 aromatic carbocycles. The molecule has 2 aliphatic heterocycles. The highest BCUT2D eigenvalue weighted by atomic mass is 35.5. The van der Waals surface area contributed by atoms with E-state index < -0.39 is 25.0 Å². The Hall–Kier alpha value is -2.50. The minimum absolute atomic E-state index is 0.116. The van der Waals surface area contributed by atoms with Crippen molar-refractivity contribution in [1.29, 1.82) is 0 Å². The lowest BCUT2D eigenvalue weighted by Gasteiger charge is -2.46. The Morgan fingerprint density at radius 1 is 1.29 bits per heavy atom. The molecule has 9 nitrogen and oxygen atoms in total. The smallest absolute Gasteiger partial charge is 0.255 e. The van der Waals surface area contributed by atoms with E-state index in [9.17, 15) is 13.6 Å². The second kappa shape index (κ2) is 11.3. The summed E-state index contributed by atoms with van der Waals surface area (Å²) in [5, 5.41) is 9.79. The first-order valence-electron chi connectivity index (χ1n) is 11.5. The number of halogens is 3. The van der Waals surface area contributed by atoms with Crippen molar-refractivity contribution in [2.45, 2.75) is 50.3 Å². The molecular weight excluding hydrogens is 468 g/mol. The van der Waals surface area contributed by atoms with Crippen LogP contribution in [0.25, 0.3) is 0 Å². The molecule has 2 aliphatic rings. The molecule has 2 aromatic rings. The number of carbonyl (C=O) groups is 1. The number of nitrogen functional groups attached to an aromatic ring is 1. The number of alkyl halides is 2. The van der Waals surface area contributed by atoms with E-state index in [0.29, 0.717) is 24.1 Å². The highest BCUT2D eigenvalue weighted by Gasteiger charge is 2.38. The van der Waals surface area contributed by atoms with E-state index in [2.05, 4.69) is 30.3 Å². The van der Waals surface area contributed by atoms with Crippen molar-refractivity contribution in [2.24, 2.45) is 0 Å². The van der Waals surface area contributed by atoms with Gasteiger partial charge in [0.1, 0.15) is 6.10 Å². The van der Waals surface area contributed by atoms with Crippen molar-refractivity contribution >= 4 is 29.4 Å². The number of nitrogens with one attached hydrogen (secondary N) is 2. The van der Waals surface area contributed by atoms with E-state index in [1.165, 1.54) is 5.56 Å². The number of aromatic nitrogens is 3. The van der Waals surface area contributed by atoms with Crippen molar-refractivity contribution in [3.63, 3.8) is 0 Å². The fourth-order valence-corrected chi connectivity index (χ4v) is 4.78. The van der Waals surface area contributed by atoms with Gasteiger partial charge >= 0.3 is 0 Å². The summed E-state index contributed by atoms with van der Waals surface area (Å²) in [5.74, 6) is 0.377. The van der Waals surface area contributed by atoms with E-state index >= 15 is 0 Å². The van der Waals surface area contributed by atoms with Crippen LogP contribution in [-0.4, -0.2) is 83.4 Å². The molecule has 4 N–H and O–H groups in total. The Labute approximate surface area is 202 Å². The standard InChI is InChI=1S/C22H30ClF2N7O2/c23-15-4-1-14(2-5-15)3-6-17-13-34-18(20(33)27-11-19(24)25)12-32(17)16-7-9-31(10-8-16)22-28-21(26)29-30-22/h1-2,4-5,16-19H,3,6-13H2,(H,27,33)(H3,26,28,29,30)/t17-,18+/m0/s1. The first-order chi connectivity index (χ1) is 16.4. The van der Waals surface area contributed by atoms with Gasteiger partial charge in [0, 0.05) is 36.7 Å². The number of carbonyl (C=O) groups excluding carboxylic acids is 1. The monoisotopic (exact) mass is 497 g/mol. The number of aromatic amines is 1. The van der Waals surface area contributed by atoms with Crippen molar-refractivity contribution < 1.29 is 18.3 Å². The number of piperidine rings is 1. The van der Waals surface area contributed by atoms with Gasteiger partial charge in [-0.05, 0) is 43.4 Å². The number of amides is 1.